The van der Waals surface area contributed by atoms with E-state index in [-0.39, 0.29) is 5.91 Å². The van der Waals surface area contributed by atoms with Gasteiger partial charge in [0.1, 0.15) is 0 Å². The van der Waals surface area contributed by atoms with E-state index in [1.165, 1.54) is 0 Å². The Morgan fingerprint density at radius 2 is 1.67 bits per heavy atom. The molecule has 0 aliphatic carbocycles. The number of benzene rings is 2. The molecule has 3 rings (SSSR count). The number of guanidine groups is 1. The lowest BCUT2D eigenvalue weighted by Crippen LogP contribution is -2.34. The minimum atomic E-state index is -0.0516. The average molecular weight is 322 g/mol. The van der Waals surface area contributed by atoms with Gasteiger partial charge in [-0.25, -0.2) is 4.99 Å². The summed E-state index contributed by atoms with van der Waals surface area (Å²) in [6, 6.07) is 16.8. The van der Waals surface area contributed by atoms with E-state index in [1.807, 2.05) is 42.5 Å². The van der Waals surface area contributed by atoms with E-state index in [2.05, 4.69) is 9.89 Å². The SMILES string of the molecule is CN(C(=O)c1ccc(N=C(N)N2CCCC2)cc1)c1ccccc1. The van der Waals surface area contributed by atoms with Crippen molar-refractivity contribution in [3.63, 3.8) is 0 Å². The number of amides is 1. The maximum absolute atomic E-state index is 12.5. The minimum Gasteiger partial charge on any atom is -0.369 e. The molecule has 0 unspecified atom stereocenters. The van der Waals surface area contributed by atoms with E-state index >= 15 is 0 Å². The maximum atomic E-state index is 12.5. The molecule has 5 nitrogen and oxygen atoms in total. The highest BCUT2D eigenvalue weighted by molar-refractivity contribution is 6.05. The molecule has 0 radical (unpaired) electrons. The lowest BCUT2D eigenvalue weighted by atomic mass is 10.1. The summed E-state index contributed by atoms with van der Waals surface area (Å²) in [5.41, 5.74) is 8.28. The van der Waals surface area contributed by atoms with Crippen LogP contribution in [0, 0.1) is 0 Å². The van der Waals surface area contributed by atoms with Gasteiger partial charge in [-0.1, -0.05) is 18.2 Å². The molecule has 124 valence electrons. The van der Waals surface area contributed by atoms with Gasteiger partial charge in [0.15, 0.2) is 5.96 Å². The van der Waals surface area contributed by atoms with E-state index in [0.717, 1.165) is 37.3 Å². The van der Waals surface area contributed by atoms with Gasteiger partial charge in [0, 0.05) is 31.4 Å². The first kappa shape index (κ1) is 16.1. The number of rotatable bonds is 3. The Hall–Kier alpha value is -2.82. The topological polar surface area (TPSA) is 61.9 Å². The summed E-state index contributed by atoms with van der Waals surface area (Å²) in [5.74, 6) is 0.497. The number of anilines is 1. The van der Waals surface area contributed by atoms with Crippen molar-refractivity contribution in [2.75, 3.05) is 25.0 Å². The Kier molecular flexibility index (Phi) is 4.79. The van der Waals surface area contributed by atoms with Gasteiger partial charge in [-0.15, -0.1) is 0 Å². The number of carbonyl (C=O) groups excluding carboxylic acids is 1. The minimum absolute atomic E-state index is 0.0516. The molecule has 1 aliphatic rings. The van der Waals surface area contributed by atoms with Crippen molar-refractivity contribution >= 4 is 23.2 Å². The van der Waals surface area contributed by atoms with Crippen molar-refractivity contribution in [2.24, 2.45) is 10.7 Å². The van der Waals surface area contributed by atoms with Crippen LogP contribution in [-0.2, 0) is 0 Å². The number of aliphatic imine (C=N–C) groups is 1. The zero-order valence-corrected chi connectivity index (χ0v) is 13.9. The number of nitrogens with two attached hydrogens (primary N) is 1. The van der Waals surface area contributed by atoms with Gasteiger partial charge < -0.3 is 15.5 Å². The Balaban J connectivity index is 1.72. The number of nitrogens with zero attached hydrogens (tertiary/aromatic N) is 3. The van der Waals surface area contributed by atoms with Crippen LogP contribution in [0.1, 0.15) is 23.2 Å². The van der Waals surface area contributed by atoms with Crippen LogP contribution in [0.25, 0.3) is 0 Å². The second-order valence-electron chi connectivity index (χ2n) is 5.91. The van der Waals surface area contributed by atoms with Crippen molar-refractivity contribution in [2.45, 2.75) is 12.8 Å². The molecule has 0 saturated carbocycles. The zero-order chi connectivity index (χ0) is 16.9. The molecule has 1 amide bonds. The van der Waals surface area contributed by atoms with Crippen LogP contribution in [0.3, 0.4) is 0 Å². The van der Waals surface area contributed by atoms with E-state index in [0.29, 0.717) is 11.5 Å². The van der Waals surface area contributed by atoms with Crippen molar-refractivity contribution < 1.29 is 4.79 Å². The van der Waals surface area contributed by atoms with Gasteiger partial charge in [0.25, 0.3) is 5.91 Å². The number of hydrogen-bond acceptors (Lipinski definition) is 2. The molecule has 2 aromatic carbocycles. The molecule has 24 heavy (non-hydrogen) atoms. The number of hydrogen-bond donors (Lipinski definition) is 1. The molecule has 2 N–H and O–H groups in total. The zero-order valence-electron chi connectivity index (χ0n) is 13.9. The summed E-state index contributed by atoms with van der Waals surface area (Å²) >= 11 is 0. The maximum Gasteiger partial charge on any atom is 0.258 e. The number of carbonyl (C=O) groups is 1. The second kappa shape index (κ2) is 7.17. The van der Waals surface area contributed by atoms with E-state index in [9.17, 15) is 4.79 Å². The normalized spacial score (nSPS) is 14.7. The molecule has 0 atom stereocenters. The van der Waals surface area contributed by atoms with Gasteiger partial charge in [-0.3, -0.25) is 4.79 Å². The van der Waals surface area contributed by atoms with Crippen LogP contribution < -0.4 is 10.6 Å². The van der Waals surface area contributed by atoms with Gasteiger partial charge in [0.2, 0.25) is 0 Å². The molecule has 1 heterocycles. The molecule has 1 saturated heterocycles. The van der Waals surface area contributed by atoms with Crippen LogP contribution >= 0.6 is 0 Å². The summed E-state index contributed by atoms with van der Waals surface area (Å²) in [7, 11) is 1.77. The Morgan fingerprint density at radius 1 is 1.04 bits per heavy atom. The molecule has 2 aromatic rings. The van der Waals surface area contributed by atoms with Crippen molar-refractivity contribution in [3.8, 4) is 0 Å². The standard InChI is InChI=1S/C19H22N4O/c1-22(17-7-3-2-4-8-17)18(24)15-9-11-16(12-10-15)21-19(20)23-13-5-6-14-23/h2-4,7-12H,5-6,13-14H2,1H3,(H2,20,21). The summed E-state index contributed by atoms with van der Waals surface area (Å²) < 4.78 is 0. The van der Waals surface area contributed by atoms with Crippen molar-refractivity contribution in [3.05, 3.63) is 60.2 Å². The predicted octanol–water partition coefficient (Wildman–Crippen LogP) is 3.01. The summed E-state index contributed by atoms with van der Waals surface area (Å²) in [5, 5.41) is 0. The first-order valence-electron chi connectivity index (χ1n) is 8.17. The number of para-hydroxylation sites is 1. The fraction of sp³-hybridized carbons (Fsp3) is 0.263. The monoisotopic (exact) mass is 322 g/mol. The fourth-order valence-electron chi connectivity index (χ4n) is 2.79. The highest BCUT2D eigenvalue weighted by atomic mass is 16.2. The molecule has 0 bridgehead atoms. The third kappa shape index (κ3) is 3.56. The lowest BCUT2D eigenvalue weighted by molar-refractivity contribution is 0.0993. The van der Waals surface area contributed by atoms with Crippen LogP contribution in [0.15, 0.2) is 59.6 Å². The third-order valence-corrected chi connectivity index (χ3v) is 4.24. The number of likely N-dealkylation sites (tertiary alicyclic amines) is 1. The van der Waals surface area contributed by atoms with Gasteiger partial charge in [-0.05, 0) is 49.2 Å². The van der Waals surface area contributed by atoms with Crippen LogP contribution in [0.4, 0.5) is 11.4 Å². The van der Waals surface area contributed by atoms with E-state index in [4.69, 9.17) is 5.73 Å². The van der Waals surface area contributed by atoms with Gasteiger partial charge in [0.05, 0.1) is 5.69 Å². The summed E-state index contributed by atoms with van der Waals surface area (Å²) in [4.78, 5) is 20.7. The Bertz CT molecular complexity index is 719. The molecule has 1 fully saturated rings. The van der Waals surface area contributed by atoms with Crippen LogP contribution in [0.2, 0.25) is 0 Å². The van der Waals surface area contributed by atoms with E-state index in [1.54, 1.807) is 24.1 Å². The Morgan fingerprint density at radius 3 is 2.29 bits per heavy atom. The second-order valence-corrected chi connectivity index (χ2v) is 5.91. The first-order valence-corrected chi connectivity index (χ1v) is 8.17. The van der Waals surface area contributed by atoms with Gasteiger partial charge in [-0.2, -0.15) is 0 Å². The third-order valence-electron chi connectivity index (χ3n) is 4.24. The quantitative estimate of drug-likeness (QED) is 0.698. The van der Waals surface area contributed by atoms with Crippen molar-refractivity contribution in [1.29, 1.82) is 0 Å². The van der Waals surface area contributed by atoms with E-state index < -0.39 is 0 Å². The molecular weight excluding hydrogens is 300 g/mol. The molecule has 0 aromatic heterocycles. The van der Waals surface area contributed by atoms with Gasteiger partial charge >= 0.3 is 0 Å². The molecule has 1 aliphatic heterocycles. The fourth-order valence-corrected chi connectivity index (χ4v) is 2.79. The molecule has 5 heteroatoms. The Labute approximate surface area is 142 Å². The highest BCUT2D eigenvalue weighted by Crippen LogP contribution is 2.18. The molecule has 0 spiro atoms. The average Bonchev–Trinajstić information content (AvgIpc) is 3.17. The van der Waals surface area contributed by atoms with Crippen molar-refractivity contribution in [1.82, 2.24) is 4.90 Å². The van der Waals surface area contributed by atoms with Crippen LogP contribution in [0.5, 0.6) is 0 Å². The predicted molar refractivity (Wildman–Crippen MR) is 97.7 cm³/mol. The summed E-state index contributed by atoms with van der Waals surface area (Å²) in [6.07, 6.45) is 2.32. The molecular formula is C19H22N4O. The first-order chi connectivity index (χ1) is 11.6. The lowest BCUT2D eigenvalue weighted by Gasteiger charge is -2.17. The van der Waals surface area contributed by atoms with Crippen LogP contribution in [-0.4, -0.2) is 36.9 Å². The highest BCUT2D eigenvalue weighted by Gasteiger charge is 2.15. The summed E-state index contributed by atoms with van der Waals surface area (Å²) in [6.45, 7) is 1.93. The largest absolute Gasteiger partial charge is 0.369 e. The smallest absolute Gasteiger partial charge is 0.258 e.